The summed E-state index contributed by atoms with van der Waals surface area (Å²) in [5.41, 5.74) is 7.36. The van der Waals surface area contributed by atoms with Crippen LogP contribution >= 0.6 is 20.8 Å². The van der Waals surface area contributed by atoms with Gasteiger partial charge in [-0.25, -0.2) is 0 Å². The molecule has 0 saturated heterocycles. The van der Waals surface area contributed by atoms with Gasteiger partial charge in [-0.15, -0.1) is 9.24 Å². The molecule has 1 aromatic carbocycles. The molecule has 1 atom stereocenters. The Morgan fingerprint density at radius 2 is 2.10 bits per heavy atom. The molecule has 1 rings (SSSR count). The minimum Gasteiger partial charge on any atom is -0.399 e. The maximum Gasteiger partial charge on any atom is 0.0500 e. The lowest BCUT2D eigenvalue weighted by Crippen LogP contribution is -2.00. The molecule has 10 heavy (non-hydrogen) atoms. The molecule has 0 saturated carbocycles. The van der Waals surface area contributed by atoms with Gasteiger partial charge in [0.1, 0.15) is 0 Å². The van der Waals surface area contributed by atoms with E-state index in [0.29, 0.717) is 10.7 Å². The zero-order valence-electron chi connectivity index (χ0n) is 5.69. The lowest BCUT2D eigenvalue weighted by Gasteiger charge is -2.02. The molecule has 0 fully saturated rings. The average Bonchev–Trinajstić information content (AvgIpc) is 1.82. The molecule has 0 aliphatic carbocycles. The first kappa shape index (κ1) is 7.84. The zero-order chi connectivity index (χ0) is 7.72. The molecule has 3 heteroatoms. The SMILES string of the molecule is Cc1cc(N)cc(Cl)c1P. The molecule has 0 amide bonds. The van der Waals surface area contributed by atoms with E-state index in [2.05, 4.69) is 9.24 Å². The quantitative estimate of drug-likeness (QED) is 0.469. The number of hydrogen-bond acceptors (Lipinski definition) is 1. The summed E-state index contributed by atoms with van der Waals surface area (Å²) in [5.74, 6) is 0. The van der Waals surface area contributed by atoms with Gasteiger partial charge in [0.2, 0.25) is 0 Å². The number of rotatable bonds is 0. The Morgan fingerprint density at radius 1 is 1.50 bits per heavy atom. The first-order valence-electron chi connectivity index (χ1n) is 2.92. The standard InChI is InChI=1S/C7H9ClNP/c1-4-2-5(9)3-6(8)7(4)10/h2-3H,9-10H2,1H3. The van der Waals surface area contributed by atoms with Crippen molar-refractivity contribution in [2.24, 2.45) is 0 Å². The van der Waals surface area contributed by atoms with Crippen LogP contribution in [0.15, 0.2) is 12.1 Å². The van der Waals surface area contributed by atoms with Crippen LogP contribution in [0, 0.1) is 6.92 Å². The minimum atomic E-state index is 0.711. The number of aryl methyl sites for hydroxylation is 1. The van der Waals surface area contributed by atoms with Crippen LogP contribution in [0.2, 0.25) is 5.02 Å². The molecule has 0 heterocycles. The van der Waals surface area contributed by atoms with Crippen molar-refractivity contribution in [1.82, 2.24) is 0 Å². The van der Waals surface area contributed by atoms with E-state index in [1.165, 1.54) is 0 Å². The average molecular weight is 174 g/mol. The molecule has 54 valence electrons. The van der Waals surface area contributed by atoms with E-state index < -0.39 is 0 Å². The summed E-state index contributed by atoms with van der Waals surface area (Å²) in [4.78, 5) is 0. The van der Waals surface area contributed by atoms with Gasteiger partial charge in [-0.2, -0.15) is 0 Å². The van der Waals surface area contributed by atoms with Gasteiger partial charge in [0, 0.05) is 5.69 Å². The third kappa shape index (κ3) is 1.42. The topological polar surface area (TPSA) is 26.0 Å². The summed E-state index contributed by atoms with van der Waals surface area (Å²) in [6.45, 7) is 1.98. The van der Waals surface area contributed by atoms with Gasteiger partial charge in [0.25, 0.3) is 0 Å². The van der Waals surface area contributed by atoms with Crippen molar-refractivity contribution in [2.75, 3.05) is 5.73 Å². The Labute approximate surface area is 67.8 Å². The van der Waals surface area contributed by atoms with Crippen LogP contribution in [0.5, 0.6) is 0 Å². The second-order valence-electron chi connectivity index (χ2n) is 2.23. The van der Waals surface area contributed by atoms with Gasteiger partial charge in [-0.05, 0) is 29.9 Å². The largest absolute Gasteiger partial charge is 0.399 e. The van der Waals surface area contributed by atoms with E-state index in [9.17, 15) is 0 Å². The third-order valence-electron chi connectivity index (χ3n) is 1.36. The van der Waals surface area contributed by atoms with Gasteiger partial charge in [-0.3, -0.25) is 0 Å². The van der Waals surface area contributed by atoms with Crippen LogP contribution in [-0.4, -0.2) is 0 Å². The van der Waals surface area contributed by atoms with Crippen LogP contribution in [0.3, 0.4) is 0 Å². The van der Waals surface area contributed by atoms with E-state index in [0.717, 1.165) is 10.9 Å². The van der Waals surface area contributed by atoms with Crippen molar-refractivity contribution < 1.29 is 0 Å². The van der Waals surface area contributed by atoms with Crippen molar-refractivity contribution in [3.05, 3.63) is 22.7 Å². The maximum absolute atomic E-state index is 5.82. The molecule has 1 nitrogen and oxygen atoms in total. The zero-order valence-corrected chi connectivity index (χ0v) is 7.60. The summed E-state index contributed by atoms with van der Waals surface area (Å²) in [5, 5.41) is 1.73. The molecular formula is C7H9ClNP. The lowest BCUT2D eigenvalue weighted by atomic mass is 10.2. The summed E-state index contributed by atoms with van der Waals surface area (Å²) in [6, 6.07) is 3.64. The molecule has 1 unspecified atom stereocenters. The lowest BCUT2D eigenvalue weighted by molar-refractivity contribution is 1.52. The van der Waals surface area contributed by atoms with Gasteiger partial charge in [-0.1, -0.05) is 11.6 Å². The molecule has 0 aromatic heterocycles. The Hall–Kier alpha value is -0.260. The number of anilines is 1. The Balaban J connectivity index is 3.31. The highest BCUT2D eigenvalue weighted by molar-refractivity contribution is 7.28. The predicted octanol–water partition coefficient (Wildman–Crippen LogP) is 1.73. The molecule has 0 bridgehead atoms. The van der Waals surface area contributed by atoms with Crippen molar-refractivity contribution in [3.63, 3.8) is 0 Å². The molecule has 0 spiro atoms. The fraction of sp³-hybridized carbons (Fsp3) is 0.143. The molecule has 0 aliphatic rings. The van der Waals surface area contributed by atoms with Crippen molar-refractivity contribution in [3.8, 4) is 0 Å². The number of benzene rings is 1. The van der Waals surface area contributed by atoms with E-state index >= 15 is 0 Å². The fourth-order valence-electron chi connectivity index (χ4n) is 0.782. The van der Waals surface area contributed by atoms with Crippen molar-refractivity contribution >= 4 is 31.8 Å². The van der Waals surface area contributed by atoms with E-state index in [4.69, 9.17) is 17.3 Å². The highest BCUT2D eigenvalue weighted by atomic mass is 35.5. The first-order valence-corrected chi connectivity index (χ1v) is 3.88. The molecule has 1 aromatic rings. The van der Waals surface area contributed by atoms with Gasteiger partial charge < -0.3 is 5.73 Å². The Morgan fingerprint density at radius 3 is 2.60 bits per heavy atom. The number of nitrogen functional groups attached to an aromatic ring is 1. The monoisotopic (exact) mass is 173 g/mol. The van der Waals surface area contributed by atoms with E-state index in [1.54, 1.807) is 6.07 Å². The maximum atomic E-state index is 5.82. The van der Waals surface area contributed by atoms with Crippen LogP contribution in [-0.2, 0) is 0 Å². The van der Waals surface area contributed by atoms with Crippen LogP contribution in [0.1, 0.15) is 5.56 Å². The highest BCUT2D eigenvalue weighted by Crippen LogP contribution is 2.15. The summed E-state index contributed by atoms with van der Waals surface area (Å²) < 4.78 is 0. The molecular weight excluding hydrogens is 165 g/mol. The van der Waals surface area contributed by atoms with Crippen LogP contribution < -0.4 is 11.0 Å². The van der Waals surface area contributed by atoms with E-state index in [1.807, 2.05) is 13.0 Å². The highest BCUT2D eigenvalue weighted by Gasteiger charge is 1.98. The van der Waals surface area contributed by atoms with Crippen LogP contribution in [0.25, 0.3) is 0 Å². The number of hydrogen-bond donors (Lipinski definition) is 1. The van der Waals surface area contributed by atoms with Crippen molar-refractivity contribution in [2.45, 2.75) is 6.92 Å². The smallest absolute Gasteiger partial charge is 0.0500 e. The molecule has 0 aliphatic heterocycles. The van der Waals surface area contributed by atoms with Crippen molar-refractivity contribution in [1.29, 1.82) is 0 Å². The molecule has 2 N–H and O–H groups in total. The Bertz CT molecular complexity index is 237. The van der Waals surface area contributed by atoms with Crippen LogP contribution in [0.4, 0.5) is 5.69 Å². The minimum absolute atomic E-state index is 0.711. The van der Waals surface area contributed by atoms with Gasteiger partial charge in [0.15, 0.2) is 0 Å². The predicted molar refractivity (Wildman–Crippen MR) is 49.9 cm³/mol. The molecule has 0 radical (unpaired) electrons. The van der Waals surface area contributed by atoms with Gasteiger partial charge in [0.05, 0.1) is 5.02 Å². The van der Waals surface area contributed by atoms with E-state index in [-0.39, 0.29) is 0 Å². The summed E-state index contributed by atoms with van der Waals surface area (Å²) in [6.07, 6.45) is 0. The normalized spacial score (nSPS) is 9.90. The summed E-state index contributed by atoms with van der Waals surface area (Å²) >= 11 is 5.82. The second-order valence-corrected chi connectivity index (χ2v) is 3.22. The first-order chi connectivity index (χ1) is 4.61. The fourth-order valence-corrected chi connectivity index (χ4v) is 1.22. The number of halogens is 1. The third-order valence-corrected chi connectivity index (χ3v) is 2.62. The Kier molecular flexibility index (Phi) is 2.18. The second kappa shape index (κ2) is 2.77. The summed E-state index contributed by atoms with van der Waals surface area (Å²) in [7, 11) is 2.58. The number of nitrogens with two attached hydrogens (primary N) is 1. The van der Waals surface area contributed by atoms with Gasteiger partial charge >= 0.3 is 0 Å².